The minimum atomic E-state index is -1.47. The molecule has 0 aromatic rings. The zero-order valence-electron chi connectivity index (χ0n) is 42.3. The van der Waals surface area contributed by atoms with Gasteiger partial charge < -0.3 is 58.0 Å². The van der Waals surface area contributed by atoms with E-state index in [9.17, 15) is 24.0 Å². The third kappa shape index (κ3) is 12.0. The van der Waals surface area contributed by atoms with Crippen molar-refractivity contribution in [3.63, 3.8) is 0 Å². The molecule has 0 bridgehead atoms. The maximum absolute atomic E-state index is 15.0. The molecule has 0 aromatic carbocycles. The number of amides is 1. The Morgan fingerprint density at radius 1 is 0.846 bits per heavy atom. The number of methoxy groups -OCH3 is 2. The fourth-order valence-corrected chi connectivity index (χ4v) is 10.9. The number of nitrogens with zero attached hydrogens (tertiary/aromatic N) is 2. The van der Waals surface area contributed by atoms with Crippen molar-refractivity contribution in [3.8, 4) is 0 Å². The van der Waals surface area contributed by atoms with Gasteiger partial charge in [0.05, 0.1) is 48.0 Å². The van der Waals surface area contributed by atoms with Crippen molar-refractivity contribution < 1.29 is 71.3 Å². The van der Waals surface area contributed by atoms with Crippen LogP contribution >= 0.6 is 0 Å². The summed E-state index contributed by atoms with van der Waals surface area (Å²) in [6.45, 7) is 24.2. The van der Waals surface area contributed by atoms with Gasteiger partial charge in [-0.05, 0) is 88.7 Å². The van der Waals surface area contributed by atoms with Gasteiger partial charge in [0, 0.05) is 64.3 Å². The second-order valence-corrected chi connectivity index (χ2v) is 20.7. The number of ketones is 1. The highest BCUT2D eigenvalue weighted by Crippen LogP contribution is 2.45. The molecule has 0 unspecified atom stereocenters. The van der Waals surface area contributed by atoms with Crippen molar-refractivity contribution in [2.75, 3.05) is 34.9 Å². The highest BCUT2D eigenvalue weighted by atomic mass is 16.7. The van der Waals surface area contributed by atoms with E-state index in [0.717, 1.165) is 0 Å². The van der Waals surface area contributed by atoms with E-state index in [1.165, 1.54) is 33.0 Å². The van der Waals surface area contributed by atoms with E-state index in [0.29, 0.717) is 6.42 Å². The molecule has 2 N–H and O–H groups in total. The number of carbonyl (C=O) groups excluding carboxylic acids is 5. The summed E-state index contributed by atoms with van der Waals surface area (Å²) in [6.07, 6.45) is -7.63. The van der Waals surface area contributed by atoms with E-state index in [2.05, 4.69) is 0 Å². The Morgan fingerprint density at radius 3 is 1.95 bits per heavy atom. The van der Waals surface area contributed by atoms with E-state index in [1.807, 2.05) is 53.6 Å². The van der Waals surface area contributed by atoms with E-state index in [4.69, 9.17) is 53.1 Å². The van der Waals surface area contributed by atoms with Gasteiger partial charge in [-0.2, -0.15) is 0 Å². The average molecular weight is 928 g/mol. The maximum Gasteiger partial charge on any atom is 0.411 e. The molecule has 4 heterocycles. The molecule has 4 saturated heterocycles. The van der Waals surface area contributed by atoms with Crippen LogP contribution in [0.25, 0.3) is 0 Å². The van der Waals surface area contributed by atoms with Gasteiger partial charge in [-0.15, -0.1) is 0 Å². The lowest BCUT2D eigenvalue weighted by atomic mass is 9.73. The number of cyclic esters (lactones) is 1. The van der Waals surface area contributed by atoms with Crippen molar-refractivity contribution >= 4 is 29.8 Å². The van der Waals surface area contributed by atoms with Crippen LogP contribution in [0.4, 0.5) is 4.79 Å². The SMILES string of the molecule is CC[C@H]1OC(=O)[C@H](C)[C@@H](O[C@H]2C[C@@](C)(OC)[C@@H](OC(C)=O)[C@H](C)O2)[C@H](C)[C@@H](O[C@@H]2O[C@H](C)C[C@H](N(C)C)[C@H]2OC(C)=O)[C@](C)(OC)C[C@@H](C)C(=O)[C@H](C)[C@H]2N(CC(C)(C)N)C(=O)O[C@]12C. The normalized spacial score (nSPS) is 42.4. The van der Waals surface area contributed by atoms with Gasteiger partial charge >= 0.3 is 24.0 Å². The van der Waals surface area contributed by atoms with Crippen LogP contribution in [0.5, 0.6) is 0 Å². The zero-order valence-corrected chi connectivity index (χ0v) is 42.3. The second kappa shape index (κ2) is 21.1. The summed E-state index contributed by atoms with van der Waals surface area (Å²) in [5.41, 5.74) is 1.78. The number of hydrogen-bond acceptors (Lipinski definition) is 17. The molecule has 0 saturated carbocycles. The summed E-state index contributed by atoms with van der Waals surface area (Å²) >= 11 is 0. The fraction of sp³-hybridized carbons (Fsp3) is 0.894. The van der Waals surface area contributed by atoms with Crippen LogP contribution in [-0.4, -0.2) is 164 Å². The molecule has 0 spiro atoms. The van der Waals surface area contributed by atoms with Crippen molar-refractivity contribution in [2.24, 2.45) is 29.4 Å². The quantitative estimate of drug-likeness (QED) is 0.206. The van der Waals surface area contributed by atoms with E-state index in [-0.39, 0.29) is 43.7 Å². The Hall–Kier alpha value is -2.97. The lowest BCUT2D eigenvalue weighted by Gasteiger charge is -2.50. The van der Waals surface area contributed by atoms with Crippen molar-refractivity contribution in [3.05, 3.63) is 0 Å². The molecule has 4 fully saturated rings. The van der Waals surface area contributed by atoms with Gasteiger partial charge in [-0.1, -0.05) is 27.7 Å². The molecule has 65 heavy (non-hydrogen) atoms. The Bertz CT molecular complexity index is 1690. The molecule has 4 rings (SSSR count). The first-order valence-corrected chi connectivity index (χ1v) is 23.2. The summed E-state index contributed by atoms with van der Waals surface area (Å²) in [6, 6.07) is -1.18. The molecule has 4 aliphatic rings. The Kier molecular flexibility index (Phi) is 17.8. The number of likely N-dealkylation sites (N-methyl/N-ethyl adjacent to an activating group) is 1. The van der Waals surface area contributed by atoms with Crippen LogP contribution in [0.1, 0.15) is 123 Å². The van der Waals surface area contributed by atoms with E-state index in [1.54, 1.807) is 48.5 Å². The third-order valence-electron chi connectivity index (χ3n) is 14.2. The fourth-order valence-electron chi connectivity index (χ4n) is 10.9. The molecule has 18 atom stereocenters. The summed E-state index contributed by atoms with van der Waals surface area (Å²) in [5, 5.41) is 0. The molecule has 374 valence electrons. The van der Waals surface area contributed by atoms with E-state index >= 15 is 0 Å². The van der Waals surface area contributed by atoms with Gasteiger partial charge in [-0.3, -0.25) is 24.1 Å². The summed E-state index contributed by atoms with van der Waals surface area (Å²) in [7, 11) is 6.83. The number of hydrogen-bond donors (Lipinski definition) is 1. The minimum absolute atomic E-state index is 0.0633. The number of esters is 3. The molecule has 0 aromatic heterocycles. The lowest BCUT2D eigenvalue weighted by molar-refractivity contribution is -0.320. The summed E-state index contributed by atoms with van der Waals surface area (Å²) in [5.74, 6) is -5.24. The molecule has 18 heteroatoms. The van der Waals surface area contributed by atoms with Crippen LogP contribution in [0, 0.1) is 23.7 Å². The van der Waals surface area contributed by atoms with Crippen LogP contribution in [0.15, 0.2) is 0 Å². The molecule has 0 aliphatic carbocycles. The summed E-state index contributed by atoms with van der Waals surface area (Å²) in [4.78, 5) is 72.2. The monoisotopic (exact) mass is 928 g/mol. The topological polar surface area (TPSA) is 210 Å². The molecule has 0 radical (unpaired) electrons. The van der Waals surface area contributed by atoms with Crippen LogP contribution in [-0.2, 0) is 66.5 Å². The number of carbonyl (C=O) groups is 5. The predicted molar refractivity (Wildman–Crippen MR) is 237 cm³/mol. The lowest BCUT2D eigenvalue weighted by Crippen LogP contribution is -2.62. The number of rotatable bonds is 12. The third-order valence-corrected chi connectivity index (χ3v) is 14.2. The van der Waals surface area contributed by atoms with Gasteiger partial charge in [-0.25, -0.2) is 4.79 Å². The van der Waals surface area contributed by atoms with Crippen LogP contribution in [0.2, 0.25) is 0 Å². The molecular weight excluding hydrogens is 847 g/mol. The smallest absolute Gasteiger partial charge is 0.411 e. The first-order chi connectivity index (χ1) is 30.0. The van der Waals surface area contributed by atoms with E-state index < -0.39 is 125 Å². The van der Waals surface area contributed by atoms with Gasteiger partial charge in [0.15, 0.2) is 30.4 Å². The minimum Gasteiger partial charge on any atom is -0.458 e. The highest BCUT2D eigenvalue weighted by Gasteiger charge is 2.61. The van der Waals surface area contributed by atoms with Crippen molar-refractivity contribution in [1.82, 2.24) is 9.80 Å². The number of fused-ring (bicyclic) bond motifs is 1. The van der Waals surface area contributed by atoms with Gasteiger partial charge in [0.1, 0.15) is 17.5 Å². The van der Waals surface area contributed by atoms with Crippen molar-refractivity contribution in [1.29, 1.82) is 0 Å². The largest absolute Gasteiger partial charge is 0.458 e. The number of ether oxygens (including phenoxy) is 10. The Labute approximate surface area is 386 Å². The first-order valence-electron chi connectivity index (χ1n) is 23.2. The second-order valence-electron chi connectivity index (χ2n) is 20.7. The highest BCUT2D eigenvalue weighted by molar-refractivity contribution is 5.85. The predicted octanol–water partition coefficient (Wildman–Crippen LogP) is 4.79. The standard InChI is InChI=1S/C47H81N3O15/c1-19-33-47(14)38(50(43(55)65-47)23-44(10,11)48)26(4)35(53)24(2)21-45(12,56-17)39(64-42-37(60-30(8)51)32(49(15)16)20-25(3)58-42)27(5)36(28(6)41(54)62-33)63-34-22-46(13,57-18)40(29(7)59-34)61-31(9)52/h24-29,32-34,36-40,42H,19-23,48H2,1-18H3/t24-,25-,26+,27+,28-,29+,32+,33-,34+,36+,37-,38-,39-,40+,42+,45-,46-,47-/m1/s1. The van der Waals surface area contributed by atoms with Crippen LogP contribution < -0.4 is 5.73 Å². The zero-order chi connectivity index (χ0) is 49.3. The molecule has 1 amide bonds. The number of Topliss-reactive ketones (excluding diaryl/α,β-unsaturated/α-hetero) is 1. The first kappa shape index (κ1) is 54.6. The maximum atomic E-state index is 15.0. The van der Waals surface area contributed by atoms with Gasteiger partial charge in [0.25, 0.3) is 0 Å². The summed E-state index contributed by atoms with van der Waals surface area (Å²) < 4.78 is 63.8. The van der Waals surface area contributed by atoms with Gasteiger partial charge in [0.2, 0.25) is 0 Å². The molecular formula is C47H81N3O15. The molecule has 4 aliphatic heterocycles. The number of nitrogens with two attached hydrogens (primary N) is 1. The Morgan fingerprint density at radius 2 is 1.43 bits per heavy atom. The Balaban J connectivity index is 1.96. The van der Waals surface area contributed by atoms with Crippen LogP contribution in [0.3, 0.4) is 0 Å². The molecule has 18 nitrogen and oxygen atoms in total. The van der Waals surface area contributed by atoms with Crippen molar-refractivity contribution in [2.45, 2.75) is 212 Å². The average Bonchev–Trinajstić information content (AvgIpc) is 3.45.